The Morgan fingerprint density at radius 1 is 1.40 bits per heavy atom. The highest BCUT2D eigenvalue weighted by Gasteiger charge is 2.24. The number of rotatable bonds is 3. The number of pyridine rings is 1. The first-order valence-corrected chi connectivity index (χ1v) is 8.89. The molecular formula is C17H19BrN6O. The Balaban J connectivity index is 1.61. The quantitative estimate of drug-likeness (QED) is 0.849. The minimum atomic E-state index is -0.137. The summed E-state index contributed by atoms with van der Waals surface area (Å²) in [7, 11) is 1.82. The Morgan fingerprint density at radius 2 is 2.12 bits per heavy atom. The molecule has 1 amide bonds. The van der Waals surface area contributed by atoms with Crippen LogP contribution >= 0.6 is 15.9 Å². The summed E-state index contributed by atoms with van der Waals surface area (Å²) in [6.45, 7) is 3.41. The first-order valence-electron chi connectivity index (χ1n) is 8.10. The van der Waals surface area contributed by atoms with E-state index in [9.17, 15) is 10.1 Å². The lowest BCUT2D eigenvalue weighted by Crippen LogP contribution is -2.45. The van der Waals surface area contributed by atoms with Gasteiger partial charge in [-0.1, -0.05) is 0 Å². The van der Waals surface area contributed by atoms with Crippen LogP contribution in [-0.2, 0) is 7.05 Å². The van der Waals surface area contributed by atoms with Gasteiger partial charge in [0.25, 0.3) is 5.91 Å². The van der Waals surface area contributed by atoms with Crippen LogP contribution in [0.2, 0.25) is 0 Å². The number of halogens is 1. The fraction of sp³-hybridized carbons (Fsp3) is 0.412. The Labute approximate surface area is 154 Å². The minimum Gasteiger partial charge on any atom is -0.355 e. The lowest BCUT2D eigenvalue weighted by atomic mass is 10.0. The van der Waals surface area contributed by atoms with E-state index in [0.29, 0.717) is 17.1 Å². The molecule has 0 atom stereocenters. The maximum absolute atomic E-state index is 12.3. The summed E-state index contributed by atoms with van der Waals surface area (Å²) < 4.78 is 2.49. The Kier molecular flexibility index (Phi) is 5.04. The van der Waals surface area contributed by atoms with Gasteiger partial charge in [-0.15, -0.1) is 0 Å². The lowest BCUT2D eigenvalue weighted by molar-refractivity contribution is 0.0925. The van der Waals surface area contributed by atoms with Crippen LogP contribution in [0.3, 0.4) is 0 Å². The van der Waals surface area contributed by atoms with Crippen molar-refractivity contribution in [2.45, 2.75) is 25.8 Å². The number of amides is 1. The van der Waals surface area contributed by atoms with Gasteiger partial charge in [-0.05, 0) is 47.8 Å². The molecule has 1 saturated heterocycles. The second-order valence-electron chi connectivity index (χ2n) is 6.17. The minimum absolute atomic E-state index is 0.104. The number of nitrogens with zero attached hydrogens (tertiary/aromatic N) is 5. The summed E-state index contributed by atoms with van der Waals surface area (Å²) >= 11 is 3.34. The molecule has 0 saturated carbocycles. The maximum Gasteiger partial charge on any atom is 0.272 e. The molecule has 2 aromatic rings. The van der Waals surface area contributed by atoms with Gasteiger partial charge in [0.1, 0.15) is 17.6 Å². The number of carbonyl (C=O) groups is 1. The van der Waals surface area contributed by atoms with Crippen molar-refractivity contribution in [3.05, 3.63) is 39.8 Å². The first kappa shape index (κ1) is 17.4. The molecule has 1 fully saturated rings. The zero-order chi connectivity index (χ0) is 18.0. The molecule has 3 heterocycles. The van der Waals surface area contributed by atoms with E-state index in [-0.39, 0.29) is 11.9 Å². The molecule has 3 rings (SSSR count). The topological polar surface area (TPSA) is 86.8 Å². The zero-order valence-electron chi connectivity index (χ0n) is 14.2. The second-order valence-corrected chi connectivity index (χ2v) is 7.08. The lowest BCUT2D eigenvalue weighted by Gasteiger charge is -2.33. The monoisotopic (exact) mass is 402 g/mol. The van der Waals surface area contributed by atoms with Gasteiger partial charge >= 0.3 is 0 Å². The van der Waals surface area contributed by atoms with E-state index in [1.54, 1.807) is 23.0 Å². The molecular weight excluding hydrogens is 384 g/mol. The number of nitriles is 1. The third-order valence-corrected chi connectivity index (χ3v) is 4.86. The van der Waals surface area contributed by atoms with Gasteiger partial charge in [0.15, 0.2) is 0 Å². The molecule has 1 aliphatic heterocycles. The summed E-state index contributed by atoms with van der Waals surface area (Å²) in [6, 6.07) is 5.86. The van der Waals surface area contributed by atoms with Crippen LogP contribution in [0.4, 0.5) is 5.82 Å². The molecule has 25 heavy (non-hydrogen) atoms. The van der Waals surface area contributed by atoms with Gasteiger partial charge in [-0.25, -0.2) is 4.98 Å². The molecule has 0 radical (unpaired) electrons. The molecule has 130 valence electrons. The molecule has 0 unspecified atom stereocenters. The highest BCUT2D eigenvalue weighted by molar-refractivity contribution is 9.10. The van der Waals surface area contributed by atoms with Gasteiger partial charge in [0.2, 0.25) is 0 Å². The van der Waals surface area contributed by atoms with E-state index in [4.69, 9.17) is 0 Å². The van der Waals surface area contributed by atoms with Crippen LogP contribution in [0.5, 0.6) is 0 Å². The van der Waals surface area contributed by atoms with Crippen molar-refractivity contribution in [3.8, 4) is 6.07 Å². The average Bonchev–Trinajstić information content (AvgIpc) is 2.95. The van der Waals surface area contributed by atoms with Crippen molar-refractivity contribution in [2.75, 3.05) is 18.0 Å². The molecule has 1 N–H and O–H groups in total. The van der Waals surface area contributed by atoms with E-state index >= 15 is 0 Å². The normalized spacial score (nSPS) is 15.0. The van der Waals surface area contributed by atoms with E-state index in [0.717, 1.165) is 36.1 Å². The van der Waals surface area contributed by atoms with Crippen molar-refractivity contribution in [2.24, 2.45) is 7.05 Å². The summed E-state index contributed by atoms with van der Waals surface area (Å²) in [6.07, 6.45) is 3.31. The Hall–Kier alpha value is -2.40. The fourth-order valence-corrected chi connectivity index (χ4v) is 3.26. The smallest absolute Gasteiger partial charge is 0.272 e. The zero-order valence-corrected chi connectivity index (χ0v) is 15.7. The van der Waals surface area contributed by atoms with Crippen molar-refractivity contribution in [1.29, 1.82) is 5.26 Å². The van der Waals surface area contributed by atoms with Crippen LogP contribution in [0.25, 0.3) is 0 Å². The van der Waals surface area contributed by atoms with Crippen molar-refractivity contribution in [1.82, 2.24) is 20.1 Å². The Bertz CT molecular complexity index is 813. The van der Waals surface area contributed by atoms with Crippen LogP contribution < -0.4 is 10.2 Å². The van der Waals surface area contributed by atoms with E-state index in [1.165, 1.54) is 0 Å². The fourth-order valence-electron chi connectivity index (χ4n) is 2.93. The third kappa shape index (κ3) is 3.82. The molecule has 7 nitrogen and oxygen atoms in total. The molecule has 8 heteroatoms. The molecule has 0 aromatic carbocycles. The van der Waals surface area contributed by atoms with Gasteiger partial charge in [-0.2, -0.15) is 10.4 Å². The highest BCUT2D eigenvalue weighted by atomic mass is 79.9. The molecule has 0 spiro atoms. The number of nitrogens with one attached hydrogen (secondary N) is 1. The van der Waals surface area contributed by atoms with Crippen molar-refractivity contribution >= 4 is 27.7 Å². The van der Waals surface area contributed by atoms with Crippen LogP contribution in [-0.4, -0.2) is 39.8 Å². The molecule has 2 aromatic heterocycles. The number of aryl methyl sites for hydroxylation is 2. The van der Waals surface area contributed by atoms with E-state index in [1.807, 2.05) is 14.0 Å². The predicted molar refractivity (Wildman–Crippen MR) is 97.3 cm³/mol. The van der Waals surface area contributed by atoms with E-state index < -0.39 is 0 Å². The van der Waals surface area contributed by atoms with Crippen molar-refractivity contribution in [3.63, 3.8) is 0 Å². The summed E-state index contributed by atoms with van der Waals surface area (Å²) in [5.41, 5.74) is 1.95. The number of aromatic nitrogens is 3. The van der Waals surface area contributed by atoms with Crippen LogP contribution in [0, 0.1) is 18.3 Å². The SMILES string of the molecule is Cc1cc(C(=O)NC2CCN(c3ncc(Br)cc3C#N)CC2)nn1C. The first-order chi connectivity index (χ1) is 12.0. The van der Waals surface area contributed by atoms with Crippen molar-refractivity contribution < 1.29 is 4.79 Å². The molecule has 0 bridgehead atoms. The van der Waals surface area contributed by atoms with Crippen LogP contribution in [0.15, 0.2) is 22.8 Å². The number of hydrogen-bond donors (Lipinski definition) is 1. The molecule has 1 aliphatic rings. The number of anilines is 1. The van der Waals surface area contributed by atoms with Gasteiger partial charge < -0.3 is 10.2 Å². The van der Waals surface area contributed by atoms with Gasteiger partial charge in [0, 0.05) is 42.5 Å². The van der Waals surface area contributed by atoms with Gasteiger partial charge in [-0.3, -0.25) is 9.48 Å². The third-order valence-electron chi connectivity index (χ3n) is 4.43. The standard InChI is InChI=1S/C17H19BrN6O/c1-11-7-15(22-23(11)2)17(25)21-14-3-5-24(6-4-14)16-12(9-19)8-13(18)10-20-16/h7-8,10,14H,3-6H2,1-2H3,(H,21,25). The summed E-state index contributed by atoms with van der Waals surface area (Å²) in [5.74, 6) is 0.567. The second kappa shape index (κ2) is 7.23. The van der Waals surface area contributed by atoms with Gasteiger partial charge in [0.05, 0.1) is 5.56 Å². The number of hydrogen-bond acceptors (Lipinski definition) is 5. The highest BCUT2D eigenvalue weighted by Crippen LogP contribution is 2.24. The summed E-state index contributed by atoms with van der Waals surface area (Å²) in [4.78, 5) is 18.8. The molecule has 0 aliphatic carbocycles. The summed E-state index contributed by atoms with van der Waals surface area (Å²) in [5, 5.41) is 16.6. The number of piperidine rings is 1. The maximum atomic E-state index is 12.3. The number of carbonyl (C=O) groups excluding carboxylic acids is 1. The van der Waals surface area contributed by atoms with E-state index in [2.05, 4.69) is 42.3 Å². The predicted octanol–water partition coefficient (Wildman–Crippen LogP) is 2.16. The Morgan fingerprint density at radius 3 is 2.72 bits per heavy atom. The largest absolute Gasteiger partial charge is 0.355 e. The average molecular weight is 403 g/mol. The van der Waals surface area contributed by atoms with Crippen LogP contribution in [0.1, 0.15) is 34.6 Å².